The molecular formula is C12H20N2O. The van der Waals surface area contributed by atoms with Gasteiger partial charge in [-0.15, -0.1) is 0 Å². The van der Waals surface area contributed by atoms with Crippen LogP contribution in [-0.4, -0.2) is 17.3 Å². The Labute approximate surface area is 91.3 Å². The summed E-state index contributed by atoms with van der Waals surface area (Å²) in [6, 6.07) is 5.92. The highest BCUT2D eigenvalue weighted by molar-refractivity contribution is 5.59. The van der Waals surface area contributed by atoms with Crippen LogP contribution in [0.5, 0.6) is 0 Å². The molecule has 0 atom stereocenters. The molecule has 0 saturated carbocycles. The maximum atomic E-state index is 8.91. The Morgan fingerprint density at radius 3 is 2.60 bits per heavy atom. The van der Waals surface area contributed by atoms with E-state index in [1.165, 1.54) is 0 Å². The molecule has 0 aliphatic rings. The number of hydrogen-bond donors (Lipinski definition) is 3. The molecule has 15 heavy (non-hydrogen) atoms. The Morgan fingerprint density at radius 2 is 2.07 bits per heavy atom. The largest absolute Gasteiger partial charge is 0.398 e. The Hall–Kier alpha value is -1.22. The van der Waals surface area contributed by atoms with Gasteiger partial charge < -0.3 is 16.2 Å². The van der Waals surface area contributed by atoms with Crippen LogP contribution in [0.15, 0.2) is 18.2 Å². The molecule has 0 fully saturated rings. The van der Waals surface area contributed by atoms with Gasteiger partial charge in [-0.25, -0.2) is 0 Å². The Balaban J connectivity index is 2.76. The number of aryl methyl sites for hydroxylation is 1. The highest BCUT2D eigenvalue weighted by Gasteiger charge is 2.16. The topological polar surface area (TPSA) is 58.3 Å². The maximum absolute atomic E-state index is 8.91. The SMILES string of the molecule is Cc1ccc(NC(C)(C)CCO)cc1N. The lowest BCUT2D eigenvalue weighted by Gasteiger charge is -2.27. The Kier molecular flexibility index (Phi) is 3.58. The lowest BCUT2D eigenvalue weighted by molar-refractivity contribution is 0.261. The van der Waals surface area contributed by atoms with Crippen LogP contribution in [0.2, 0.25) is 0 Å². The monoisotopic (exact) mass is 208 g/mol. The number of nitrogens with two attached hydrogens (primary N) is 1. The van der Waals surface area contributed by atoms with E-state index in [1.807, 2.05) is 25.1 Å². The molecule has 0 bridgehead atoms. The van der Waals surface area contributed by atoms with Gasteiger partial charge in [-0.3, -0.25) is 0 Å². The van der Waals surface area contributed by atoms with Crippen LogP contribution >= 0.6 is 0 Å². The van der Waals surface area contributed by atoms with E-state index in [0.717, 1.165) is 16.9 Å². The van der Waals surface area contributed by atoms with Crippen molar-refractivity contribution in [3.8, 4) is 0 Å². The molecule has 0 saturated heterocycles. The molecule has 84 valence electrons. The van der Waals surface area contributed by atoms with Gasteiger partial charge in [-0.05, 0) is 44.9 Å². The molecule has 0 unspecified atom stereocenters. The third-order valence-corrected chi connectivity index (χ3v) is 2.50. The van der Waals surface area contributed by atoms with Gasteiger partial charge in [0.1, 0.15) is 0 Å². The van der Waals surface area contributed by atoms with E-state index in [0.29, 0.717) is 6.42 Å². The van der Waals surface area contributed by atoms with Crippen molar-refractivity contribution in [3.05, 3.63) is 23.8 Å². The molecule has 0 aliphatic carbocycles. The number of aliphatic hydroxyl groups excluding tert-OH is 1. The minimum Gasteiger partial charge on any atom is -0.398 e. The Bertz CT molecular complexity index is 334. The van der Waals surface area contributed by atoms with Crippen molar-refractivity contribution in [2.45, 2.75) is 32.7 Å². The fourth-order valence-electron chi connectivity index (χ4n) is 1.45. The molecule has 1 aromatic carbocycles. The molecule has 3 heteroatoms. The quantitative estimate of drug-likeness (QED) is 0.664. The van der Waals surface area contributed by atoms with Crippen molar-refractivity contribution in [1.82, 2.24) is 0 Å². The normalized spacial score (nSPS) is 11.5. The minimum atomic E-state index is -0.115. The van der Waals surface area contributed by atoms with E-state index in [1.54, 1.807) is 0 Å². The number of hydrogen-bond acceptors (Lipinski definition) is 3. The first-order valence-electron chi connectivity index (χ1n) is 5.20. The van der Waals surface area contributed by atoms with Gasteiger partial charge in [0.2, 0.25) is 0 Å². The zero-order valence-electron chi connectivity index (χ0n) is 9.67. The standard InChI is InChI=1S/C12H20N2O/c1-9-4-5-10(8-11(9)13)14-12(2,3)6-7-15/h4-5,8,14-15H,6-7,13H2,1-3H3. The average molecular weight is 208 g/mol. The van der Waals surface area contributed by atoms with E-state index in [2.05, 4.69) is 19.2 Å². The van der Waals surface area contributed by atoms with Crippen molar-refractivity contribution in [3.63, 3.8) is 0 Å². The second-order valence-electron chi connectivity index (χ2n) is 4.55. The van der Waals surface area contributed by atoms with Gasteiger partial charge in [-0.2, -0.15) is 0 Å². The first-order valence-corrected chi connectivity index (χ1v) is 5.20. The average Bonchev–Trinajstić information content (AvgIpc) is 2.10. The fourth-order valence-corrected chi connectivity index (χ4v) is 1.45. The third kappa shape index (κ3) is 3.44. The van der Waals surface area contributed by atoms with Gasteiger partial charge in [-0.1, -0.05) is 6.07 Å². The van der Waals surface area contributed by atoms with Crippen molar-refractivity contribution < 1.29 is 5.11 Å². The van der Waals surface area contributed by atoms with Crippen LogP contribution in [0.4, 0.5) is 11.4 Å². The number of nitrogen functional groups attached to an aromatic ring is 1. The summed E-state index contributed by atoms with van der Waals surface area (Å²) in [5, 5.41) is 12.3. The summed E-state index contributed by atoms with van der Waals surface area (Å²) < 4.78 is 0. The molecule has 3 nitrogen and oxygen atoms in total. The summed E-state index contributed by atoms with van der Waals surface area (Å²) in [5.41, 5.74) is 8.58. The fraction of sp³-hybridized carbons (Fsp3) is 0.500. The highest BCUT2D eigenvalue weighted by Crippen LogP contribution is 2.21. The molecule has 0 aliphatic heterocycles. The molecule has 1 aromatic rings. The first-order chi connectivity index (χ1) is 6.94. The number of anilines is 2. The zero-order chi connectivity index (χ0) is 11.5. The number of nitrogens with one attached hydrogen (secondary N) is 1. The molecule has 0 radical (unpaired) electrons. The highest BCUT2D eigenvalue weighted by atomic mass is 16.3. The summed E-state index contributed by atoms with van der Waals surface area (Å²) in [4.78, 5) is 0. The second-order valence-corrected chi connectivity index (χ2v) is 4.55. The first kappa shape index (κ1) is 11.9. The van der Waals surface area contributed by atoms with Crippen LogP contribution in [-0.2, 0) is 0 Å². The van der Waals surface area contributed by atoms with Crippen molar-refractivity contribution >= 4 is 11.4 Å². The summed E-state index contributed by atoms with van der Waals surface area (Å²) >= 11 is 0. The molecule has 0 heterocycles. The van der Waals surface area contributed by atoms with Crippen LogP contribution in [0.3, 0.4) is 0 Å². The summed E-state index contributed by atoms with van der Waals surface area (Å²) in [7, 11) is 0. The molecule has 4 N–H and O–H groups in total. The van der Waals surface area contributed by atoms with Gasteiger partial charge >= 0.3 is 0 Å². The van der Waals surface area contributed by atoms with Gasteiger partial charge in [0.15, 0.2) is 0 Å². The summed E-state index contributed by atoms with van der Waals surface area (Å²) in [5.74, 6) is 0. The predicted octanol–water partition coefficient (Wildman–Crippen LogP) is 2.15. The van der Waals surface area contributed by atoms with Crippen molar-refractivity contribution in [2.24, 2.45) is 0 Å². The van der Waals surface area contributed by atoms with E-state index < -0.39 is 0 Å². The van der Waals surface area contributed by atoms with E-state index >= 15 is 0 Å². The van der Waals surface area contributed by atoms with Crippen LogP contribution < -0.4 is 11.1 Å². The third-order valence-electron chi connectivity index (χ3n) is 2.50. The van der Waals surface area contributed by atoms with E-state index in [9.17, 15) is 0 Å². The van der Waals surface area contributed by atoms with E-state index in [4.69, 9.17) is 10.8 Å². The lowest BCUT2D eigenvalue weighted by atomic mass is 10.0. The van der Waals surface area contributed by atoms with E-state index in [-0.39, 0.29) is 12.1 Å². The maximum Gasteiger partial charge on any atom is 0.0453 e. The number of rotatable bonds is 4. The van der Waals surface area contributed by atoms with Gasteiger partial charge in [0.25, 0.3) is 0 Å². The van der Waals surface area contributed by atoms with Crippen molar-refractivity contribution in [1.29, 1.82) is 0 Å². The summed E-state index contributed by atoms with van der Waals surface area (Å²) in [6.07, 6.45) is 0.709. The molecule has 0 spiro atoms. The number of aliphatic hydroxyl groups is 1. The second kappa shape index (κ2) is 4.53. The van der Waals surface area contributed by atoms with Crippen molar-refractivity contribution in [2.75, 3.05) is 17.7 Å². The molecule has 1 rings (SSSR count). The number of benzene rings is 1. The van der Waals surface area contributed by atoms with Crippen LogP contribution in [0.25, 0.3) is 0 Å². The zero-order valence-corrected chi connectivity index (χ0v) is 9.67. The molecule has 0 aromatic heterocycles. The van der Waals surface area contributed by atoms with Gasteiger partial charge in [0, 0.05) is 23.5 Å². The lowest BCUT2D eigenvalue weighted by Crippen LogP contribution is -2.31. The molecule has 0 amide bonds. The smallest absolute Gasteiger partial charge is 0.0453 e. The predicted molar refractivity (Wildman–Crippen MR) is 65.0 cm³/mol. The van der Waals surface area contributed by atoms with Gasteiger partial charge in [0.05, 0.1) is 0 Å². The van der Waals surface area contributed by atoms with Crippen LogP contribution in [0, 0.1) is 6.92 Å². The summed E-state index contributed by atoms with van der Waals surface area (Å²) in [6.45, 7) is 6.28. The molecular weight excluding hydrogens is 188 g/mol. The Morgan fingerprint density at radius 1 is 1.40 bits per heavy atom. The van der Waals surface area contributed by atoms with Crippen LogP contribution in [0.1, 0.15) is 25.8 Å². The minimum absolute atomic E-state index is 0.115.